The fourth-order valence-electron chi connectivity index (χ4n) is 2.73. The van der Waals surface area contributed by atoms with Crippen LogP contribution in [-0.2, 0) is 6.54 Å². The van der Waals surface area contributed by atoms with Crippen LogP contribution in [-0.4, -0.2) is 29.8 Å². The number of hydrogen-bond acceptors (Lipinski definition) is 5. The molecule has 0 unspecified atom stereocenters. The Morgan fingerprint density at radius 1 is 1.19 bits per heavy atom. The van der Waals surface area contributed by atoms with E-state index in [1.807, 2.05) is 13.0 Å². The molecule has 0 amide bonds. The first-order chi connectivity index (χ1) is 10.2. The first-order valence-corrected chi connectivity index (χ1v) is 8.07. The number of hydrogen-bond donors (Lipinski definition) is 0. The van der Waals surface area contributed by atoms with Crippen molar-refractivity contribution >= 4 is 22.7 Å². The third-order valence-corrected chi connectivity index (χ3v) is 4.47. The van der Waals surface area contributed by atoms with Crippen molar-refractivity contribution in [3.63, 3.8) is 0 Å². The van der Waals surface area contributed by atoms with Crippen molar-refractivity contribution in [1.29, 1.82) is 0 Å². The van der Waals surface area contributed by atoms with Crippen LogP contribution in [0, 0.1) is 12.7 Å². The molecule has 1 aliphatic heterocycles. The van der Waals surface area contributed by atoms with E-state index >= 15 is 0 Å². The van der Waals surface area contributed by atoms with Gasteiger partial charge in [-0.05, 0) is 31.5 Å². The van der Waals surface area contributed by atoms with Gasteiger partial charge in [-0.1, -0.05) is 18.3 Å². The van der Waals surface area contributed by atoms with Gasteiger partial charge in [-0.3, -0.25) is 0 Å². The van der Waals surface area contributed by atoms with Crippen LogP contribution in [0.25, 0.3) is 0 Å². The number of rotatable bonds is 4. The van der Waals surface area contributed by atoms with Gasteiger partial charge in [0.2, 0.25) is 0 Å². The molecule has 0 bridgehead atoms. The molecule has 1 aromatic carbocycles. The Labute approximate surface area is 128 Å². The zero-order valence-corrected chi connectivity index (χ0v) is 13.2. The topological polar surface area (TPSA) is 32.3 Å². The minimum absolute atomic E-state index is 0.189. The van der Waals surface area contributed by atoms with E-state index in [1.165, 1.54) is 0 Å². The lowest BCUT2D eigenvalue weighted by Crippen LogP contribution is -2.41. The minimum Gasteiger partial charge on any atom is -0.368 e. The molecule has 6 heteroatoms. The molecule has 21 heavy (non-hydrogen) atoms. The van der Waals surface area contributed by atoms with Crippen LogP contribution in [0.3, 0.4) is 0 Å². The summed E-state index contributed by atoms with van der Waals surface area (Å²) in [4.78, 5) is 4.53. The van der Waals surface area contributed by atoms with Gasteiger partial charge in [0.25, 0.3) is 0 Å². The van der Waals surface area contributed by atoms with Gasteiger partial charge in [-0.15, -0.1) is 10.2 Å². The van der Waals surface area contributed by atoms with Gasteiger partial charge in [-0.2, -0.15) is 0 Å². The van der Waals surface area contributed by atoms with Gasteiger partial charge in [0.1, 0.15) is 15.8 Å². The van der Waals surface area contributed by atoms with Gasteiger partial charge < -0.3 is 9.80 Å². The molecule has 0 atom stereocenters. The molecule has 0 saturated carbocycles. The first-order valence-electron chi connectivity index (χ1n) is 7.26. The van der Waals surface area contributed by atoms with Crippen LogP contribution >= 0.6 is 11.3 Å². The zero-order chi connectivity index (χ0) is 14.8. The van der Waals surface area contributed by atoms with Crippen LogP contribution in [0.2, 0.25) is 0 Å². The van der Waals surface area contributed by atoms with E-state index in [4.69, 9.17) is 0 Å². The van der Waals surface area contributed by atoms with Crippen molar-refractivity contribution in [3.8, 4) is 0 Å². The van der Waals surface area contributed by atoms with E-state index in [-0.39, 0.29) is 5.82 Å². The van der Waals surface area contributed by atoms with Gasteiger partial charge in [0, 0.05) is 19.6 Å². The molecule has 1 aromatic heterocycles. The molecule has 4 nitrogen and oxygen atoms in total. The molecule has 2 aromatic rings. The highest BCUT2D eigenvalue weighted by molar-refractivity contribution is 7.11. The van der Waals surface area contributed by atoms with Crippen molar-refractivity contribution in [2.75, 3.05) is 29.4 Å². The molecule has 112 valence electrons. The molecular weight excluding hydrogens is 287 g/mol. The summed E-state index contributed by atoms with van der Waals surface area (Å²) in [5, 5.41) is 10.2. The van der Waals surface area contributed by atoms with E-state index in [9.17, 15) is 4.39 Å². The molecule has 0 radical (unpaired) electrons. The van der Waals surface area contributed by atoms with Gasteiger partial charge >= 0.3 is 0 Å². The second kappa shape index (κ2) is 5.97. The fraction of sp³-hybridized carbons (Fsp3) is 0.467. The molecule has 0 spiro atoms. The molecule has 1 aliphatic rings. The van der Waals surface area contributed by atoms with Crippen LogP contribution in [0.5, 0.6) is 0 Å². The second-order valence-electron chi connectivity index (χ2n) is 5.26. The van der Waals surface area contributed by atoms with Crippen LogP contribution < -0.4 is 9.80 Å². The van der Waals surface area contributed by atoms with E-state index in [2.05, 4.69) is 26.9 Å². The van der Waals surface area contributed by atoms with Crippen LogP contribution in [0.4, 0.5) is 15.8 Å². The number of aromatic nitrogens is 2. The normalized spacial score (nSPS) is 14.4. The smallest absolute Gasteiger partial charge is 0.136 e. The van der Waals surface area contributed by atoms with E-state index < -0.39 is 0 Å². The lowest BCUT2D eigenvalue weighted by atomic mass is 10.1. The summed E-state index contributed by atoms with van der Waals surface area (Å²) >= 11 is 1.60. The fourth-order valence-corrected chi connectivity index (χ4v) is 3.46. The average Bonchev–Trinajstić information content (AvgIpc) is 2.87. The zero-order valence-electron chi connectivity index (χ0n) is 12.3. The summed E-state index contributed by atoms with van der Waals surface area (Å²) < 4.78 is 13.7. The largest absolute Gasteiger partial charge is 0.368 e. The third-order valence-electron chi connectivity index (χ3n) is 3.65. The van der Waals surface area contributed by atoms with Crippen molar-refractivity contribution < 1.29 is 4.39 Å². The van der Waals surface area contributed by atoms with Crippen LogP contribution in [0.1, 0.15) is 23.4 Å². The van der Waals surface area contributed by atoms with Gasteiger partial charge in [0.15, 0.2) is 0 Å². The highest BCUT2D eigenvalue weighted by atomic mass is 32.1. The standard InChI is InChI=1S/C15H19FN4S/c1-3-6-19-7-8-20(10-15-18-17-11(2)21-15)14-9-12(16)4-5-13(14)19/h4-5,9H,3,6-8,10H2,1-2H3. The van der Waals surface area contributed by atoms with Gasteiger partial charge in [-0.25, -0.2) is 4.39 Å². The maximum atomic E-state index is 13.7. The quantitative estimate of drug-likeness (QED) is 0.868. The predicted octanol–water partition coefficient (Wildman–Crippen LogP) is 3.22. The monoisotopic (exact) mass is 306 g/mol. The second-order valence-corrected chi connectivity index (χ2v) is 6.52. The van der Waals surface area contributed by atoms with Crippen LogP contribution in [0.15, 0.2) is 18.2 Å². The summed E-state index contributed by atoms with van der Waals surface area (Å²) in [6.07, 6.45) is 1.09. The lowest BCUT2D eigenvalue weighted by molar-refractivity contribution is 0.620. The Balaban J connectivity index is 1.89. The van der Waals surface area contributed by atoms with Crippen molar-refractivity contribution in [1.82, 2.24) is 10.2 Å². The van der Waals surface area contributed by atoms with Crippen molar-refractivity contribution in [2.45, 2.75) is 26.8 Å². The Morgan fingerprint density at radius 3 is 2.71 bits per heavy atom. The number of halogens is 1. The Hall–Kier alpha value is -1.69. The van der Waals surface area contributed by atoms with Crippen molar-refractivity contribution in [2.24, 2.45) is 0 Å². The number of aryl methyl sites for hydroxylation is 1. The Morgan fingerprint density at radius 2 is 2.00 bits per heavy atom. The summed E-state index contributed by atoms with van der Waals surface area (Å²) in [5.74, 6) is -0.189. The maximum Gasteiger partial charge on any atom is 0.136 e. The van der Waals surface area contributed by atoms with E-state index in [1.54, 1.807) is 23.5 Å². The summed E-state index contributed by atoms with van der Waals surface area (Å²) in [7, 11) is 0. The SMILES string of the molecule is CCCN1CCN(Cc2nnc(C)s2)c2cc(F)ccc21. The maximum absolute atomic E-state index is 13.7. The molecule has 0 N–H and O–H groups in total. The third kappa shape index (κ3) is 3.00. The number of anilines is 2. The molecule has 3 rings (SSSR count). The first kappa shape index (κ1) is 14.3. The molecule has 0 aliphatic carbocycles. The summed E-state index contributed by atoms with van der Waals surface area (Å²) in [6.45, 7) is 7.67. The average molecular weight is 306 g/mol. The van der Waals surface area contributed by atoms with E-state index in [0.717, 1.165) is 47.4 Å². The van der Waals surface area contributed by atoms with E-state index in [0.29, 0.717) is 6.54 Å². The highest BCUT2D eigenvalue weighted by Gasteiger charge is 2.23. The van der Waals surface area contributed by atoms with Gasteiger partial charge in [0.05, 0.1) is 17.9 Å². The van der Waals surface area contributed by atoms with Crippen molar-refractivity contribution in [3.05, 3.63) is 34.0 Å². The summed E-state index contributed by atoms with van der Waals surface area (Å²) in [6, 6.07) is 5.06. The Bertz CT molecular complexity index is 628. The Kier molecular flexibility index (Phi) is 4.05. The predicted molar refractivity (Wildman–Crippen MR) is 84.6 cm³/mol. The molecule has 2 heterocycles. The number of nitrogens with zero attached hydrogens (tertiary/aromatic N) is 4. The number of fused-ring (bicyclic) bond motifs is 1. The molecule has 0 fully saturated rings. The highest BCUT2D eigenvalue weighted by Crippen LogP contribution is 2.34. The lowest BCUT2D eigenvalue weighted by Gasteiger charge is -2.38. The number of benzene rings is 1. The molecular formula is C15H19FN4S. The minimum atomic E-state index is -0.189. The molecule has 0 saturated heterocycles. The summed E-state index contributed by atoms with van der Waals surface area (Å²) in [5.41, 5.74) is 2.08.